The molecule has 0 aliphatic carbocycles. The minimum Gasteiger partial charge on any atom is -0.493 e. The van der Waals surface area contributed by atoms with Crippen molar-refractivity contribution >= 4 is 23.0 Å². The summed E-state index contributed by atoms with van der Waals surface area (Å²) >= 11 is 0. The molecule has 2 amide bonds. The molecule has 0 bridgehead atoms. The molecule has 7 nitrogen and oxygen atoms in total. The predicted molar refractivity (Wildman–Crippen MR) is 118 cm³/mol. The number of hydrogen-bond acceptors (Lipinski definition) is 5. The number of hydrogen-bond donors (Lipinski definition) is 0. The molecule has 0 aliphatic heterocycles. The number of carbonyl (C=O) groups is 2. The van der Waals surface area contributed by atoms with Crippen molar-refractivity contribution in [2.24, 2.45) is 0 Å². The van der Waals surface area contributed by atoms with Gasteiger partial charge in [0, 0.05) is 44.0 Å². The number of ether oxygens (including phenoxy) is 3. The van der Waals surface area contributed by atoms with Crippen molar-refractivity contribution < 1.29 is 23.8 Å². The van der Waals surface area contributed by atoms with Crippen LogP contribution in [-0.4, -0.2) is 56.3 Å². The van der Waals surface area contributed by atoms with Gasteiger partial charge >= 0.3 is 12.2 Å². The molecule has 0 radical (unpaired) electrons. The van der Waals surface area contributed by atoms with E-state index < -0.39 is 12.2 Å². The lowest BCUT2D eigenvalue weighted by Crippen LogP contribution is -2.31. The van der Waals surface area contributed by atoms with Crippen LogP contribution in [0.5, 0.6) is 17.2 Å². The Hall–Kier alpha value is -2.96. The van der Waals surface area contributed by atoms with Crippen LogP contribution in [0.25, 0.3) is 10.8 Å². The highest BCUT2D eigenvalue weighted by Gasteiger charge is 2.21. The van der Waals surface area contributed by atoms with Crippen molar-refractivity contribution in [3.63, 3.8) is 0 Å². The third-order valence-electron chi connectivity index (χ3n) is 4.85. The highest BCUT2D eigenvalue weighted by atomic mass is 16.6. The minimum absolute atomic E-state index is 0.306. The molecule has 0 heterocycles. The number of unbranched alkanes of at least 4 members (excludes halogenated alkanes) is 2. The quantitative estimate of drug-likeness (QED) is 0.554. The lowest BCUT2D eigenvalue weighted by atomic mass is 10.1. The van der Waals surface area contributed by atoms with Crippen LogP contribution < -0.4 is 14.2 Å². The van der Waals surface area contributed by atoms with E-state index in [9.17, 15) is 9.59 Å². The van der Waals surface area contributed by atoms with Gasteiger partial charge in [-0.25, -0.2) is 9.59 Å². The first-order valence-corrected chi connectivity index (χ1v) is 10.4. The monoisotopic (exact) mass is 416 g/mol. The van der Waals surface area contributed by atoms with Crippen LogP contribution >= 0.6 is 0 Å². The van der Waals surface area contributed by atoms with Gasteiger partial charge in [-0.1, -0.05) is 51.0 Å². The summed E-state index contributed by atoms with van der Waals surface area (Å²) in [6.45, 7) is 5.35. The standard InChI is InChI=1S/C23H32N2O5/c1-6-8-14-24(3)22(26)29-19-16-20(28-5)21(18-13-11-10-12-17(18)19)30-23(27)25(4)15-9-7-2/h10-13,16H,6-9,14-15H2,1-5H3. The Labute approximate surface area is 178 Å². The van der Waals surface area contributed by atoms with Gasteiger partial charge in [0.1, 0.15) is 5.75 Å². The SMILES string of the molecule is CCCCN(C)C(=O)Oc1cc(OC)c(OC(=O)N(C)CCCC)c2ccccc12. The average Bonchev–Trinajstić information content (AvgIpc) is 2.76. The number of fused-ring (bicyclic) bond motifs is 1. The number of nitrogens with zero attached hydrogens (tertiary/aromatic N) is 2. The van der Waals surface area contributed by atoms with Crippen LogP contribution in [0.15, 0.2) is 30.3 Å². The van der Waals surface area contributed by atoms with Gasteiger partial charge in [-0.3, -0.25) is 0 Å². The summed E-state index contributed by atoms with van der Waals surface area (Å²) < 4.78 is 16.8. The summed E-state index contributed by atoms with van der Waals surface area (Å²) in [5.41, 5.74) is 0. The van der Waals surface area contributed by atoms with Crippen molar-refractivity contribution in [3.05, 3.63) is 30.3 Å². The van der Waals surface area contributed by atoms with Crippen molar-refractivity contribution in [2.45, 2.75) is 39.5 Å². The normalized spacial score (nSPS) is 10.6. The van der Waals surface area contributed by atoms with Crippen LogP contribution in [-0.2, 0) is 0 Å². The molecule has 2 rings (SSSR count). The fourth-order valence-corrected chi connectivity index (χ4v) is 2.94. The van der Waals surface area contributed by atoms with Gasteiger partial charge in [-0.15, -0.1) is 0 Å². The maximum absolute atomic E-state index is 12.5. The lowest BCUT2D eigenvalue weighted by Gasteiger charge is -2.21. The summed E-state index contributed by atoms with van der Waals surface area (Å²) in [6.07, 6.45) is 2.85. The van der Waals surface area contributed by atoms with Crippen LogP contribution in [0.3, 0.4) is 0 Å². The van der Waals surface area contributed by atoms with E-state index in [1.54, 1.807) is 25.1 Å². The maximum atomic E-state index is 12.5. The second-order valence-corrected chi connectivity index (χ2v) is 7.24. The molecule has 2 aromatic rings. The smallest absolute Gasteiger partial charge is 0.415 e. The lowest BCUT2D eigenvalue weighted by molar-refractivity contribution is 0.159. The fraction of sp³-hybridized carbons (Fsp3) is 0.478. The molecule has 0 aromatic heterocycles. The Bertz CT molecular complexity index is 868. The summed E-state index contributed by atoms with van der Waals surface area (Å²) in [5.74, 6) is 0.987. The zero-order chi connectivity index (χ0) is 22.1. The molecule has 30 heavy (non-hydrogen) atoms. The van der Waals surface area contributed by atoms with E-state index in [1.807, 2.05) is 24.3 Å². The van der Waals surface area contributed by atoms with E-state index in [0.29, 0.717) is 41.1 Å². The summed E-state index contributed by atoms with van der Waals surface area (Å²) in [5, 5.41) is 1.29. The molecule has 0 spiro atoms. The number of carbonyl (C=O) groups excluding carboxylic acids is 2. The first kappa shape index (κ1) is 23.3. The Morgan fingerprint density at radius 1 is 0.833 bits per heavy atom. The number of amides is 2. The summed E-state index contributed by atoms with van der Waals surface area (Å²) in [6, 6.07) is 8.89. The van der Waals surface area contributed by atoms with Crippen molar-refractivity contribution in [3.8, 4) is 17.2 Å². The molecule has 0 fully saturated rings. The third kappa shape index (κ3) is 5.78. The van der Waals surface area contributed by atoms with Crippen LogP contribution in [0.1, 0.15) is 39.5 Å². The fourth-order valence-electron chi connectivity index (χ4n) is 2.94. The Kier molecular flexibility index (Phi) is 8.77. The first-order valence-electron chi connectivity index (χ1n) is 10.4. The summed E-state index contributed by atoms with van der Waals surface area (Å²) in [7, 11) is 4.90. The zero-order valence-corrected chi connectivity index (χ0v) is 18.6. The van der Waals surface area contributed by atoms with E-state index in [4.69, 9.17) is 14.2 Å². The second-order valence-electron chi connectivity index (χ2n) is 7.24. The highest BCUT2D eigenvalue weighted by Crippen LogP contribution is 2.42. The first-order chi connectivity index (χ1) is 14.4. The second kappa shape index (κ2) is 11.3. The Balaban J connectivity index is 2.36. The van der Waals surface area contributed by atoms with Crippen LogP contribution in [0.4, 0.5) is 9.59 Å². The predicted octanol–water partition coefficient (Wildman–Crippen LogP) is 5.31. The van der Waals surface area contributed by atoms with Crippen molar-refractivity contribution in [2.75, 3.05) is 34.3 Å². The number of benzene rings is 2. The van der Waals surface area contributed by atoms with E-state index in [-0.39, 0.29) is 0 Å². The molecule has 0 unspecified atom stereocenters. The molecule has 0 N–H and O–H groups in total. The van der Waals surface area contributed by atoms with Gasteiger partial charge in [0.2, 0.25) is 0 Å². The third-order valence-corrected chi connectivity index (χ3v) is 4.85. The molecular formula is C23H32N2O5. The van der Waals surface area contributed by atoms with Gasteiger partial charge in [0.15, 0.2) is 11.5 Å². The topological polar surface area (TPSA) is 68.3 Å². The van der Waals surface area contributed by atoms with E-state index >= 15 is 0 Å². The van der Waals surface area contributed by atoms with Crippen molar-refractivity contribution in [1.82, 2.24) is 9.80 Å². The molecule has 0 saturated heterocycles. The van der Waals surface area contributed by atoms with Gasteiger partial charge in [0.25, 0.3) is 0 Å². The van der Waals surface area contributed by atoms with Crippen LogP contribution in [0, 0.1) is 0 Å². The van der Waals surface area contributed by atoms with Gasteiger partial charge in [-0.05, 0) is 12.8 Å². The number of methoxy groups -OCH3 is 1. The highest BCUT2D eigenvalue weighted by molar-refractivity contribution is 5.98. The maximum Gasteiger partial charge on any atom is 0.415 e. The van der Waals surface area contributed by atoms with Gasteiger partial charge in [-0.2, -0.15) is 0 Å². The van der Waals surface area contributed by atoms with Crippen molar-refractivity contribution in [1.29, 1.82) is 0 Å². The molecule has 164 valence electrons. The molecule has 0 aliphatic rings. The van der Waals surface area contributed by atoms with Gasteiger partial charge < -0.3 is 24.0 Å². The minimum atomic E-state index is -0.462. The molecule has 0 saturated carbocycles. The van der Waals surface area contributed by atoms with E-state index in [2.05, 4.69) is 13.8 Å². The largest absolute Gasteiger partial charge is 0.493 e. The molecule has 0 atom stereocenters. The van der Waals surface area contributed by atoms with Crippen LogP contribution in [0.2, 0.25) is 0 Å². The summed E-state index contributed by atoms with van der Waals surface area (Å²) in [4.78, 5) is 28.1. The molecular weight excluding hydrogens is 384 g/mol. The number of rotatable bonds is 9. The Morgan fingerprint density at radius 3 is 1.90 bits per heavy atom. The molecule has 2 aromatic carbocycles. The molecule has 7 heteroatoms. The zero-order valence-electron chi connectivity index (χ0n) is 18.6. The van der Waals surface area contributed by atoms with E-state index in [0.717, 1.165) is 25.7 Å². The Morgan fingerprint density at radius 2 is 1.37 bits per heavy atom. The van der Waals surface area contributed by atoms with E-state index in [1.165, 1.54) is 12.0 Å². The average molecular weight is 417 g/mol. The van der Waals surface area contributed by atoms with Gasteiger partial charge in [0.05, 0.1) is 7.11 Å².